The van der Waals surface area contributed by atoms with E-state index in [9.17, 15) is 4.79 Å². The van der Waals surface area contributed by atoms with Crippen LogP contribution in [0.4, 0.5) is 0 Å². The van der Waals surface area contributed by atoms with E-state index >= 15 is 0 Å². The van der Waals surface area contributed by atoms with Crippen LogP contribution < -0.4 is 0 Å². The highest BCUT2D eigenvalue weighted by atomic mass is 16.5. The average molecular weight is 218 g/mol. The van der Waals surface area contributed by atoms with Crippen molar-refractivity contribution in [3.63, 3.8) is 0 Å². The minimum atomic E-state index is -0.162. The minimum Gasteiger partial charge on any atom is -0.469 e. The van der Waals surface area contributed by atoms with Gasteiger partial charge in [-0.05, 0) is 35.4 Å². The fourth-order valence-corrected chi connectivity index (χ4v) is 2.40. The summed E-state index contributed by atoms with van der Waals surface area (Å²) >= 11 is 0. The molecule has 16 heavy (non-hydrogen) atoms. The van der Waals surface area contributed by atoms with E-state index in [0.717, 1.165) is 11.5 Å². The van der Waals surface area contributed by atoms with Gasteiger partial charge in [0, 0.05) is 0 Å². The number of methoxy groups -OCH3 is 1. The van der Waals surface area contributed by atoms with E-state index in [-0.39, 0.29) is 5.97 Å². The highest BCUT2D eigenvalue weighted by molar-refractivity contribution is 5.72. The summed E-state index contributed by atoms with van der Waals surface area (Å²) in [5.41, 5.74) is 3.95. The van der Waals surface area contributed by atoms with Crippen molar-refractivity contribution in [3.8, 4) is 0 Å². The first-order valence-electron chi connectivity index (χ1n) is 5.90. The van der Waals surface area contributed by atoms with Gasteiger partial charge in [0.15, 0.2) is 0 Å². The summed E-state index contributed by atoms with van der Waals surface area (Å²) in [5.74, 6) is 0.633. The normalized spacial score (nSPS) is 18.2. The van der Waals surface area contributed by atoms with E-state index in [2.05, 4.69) is 23.8 Å². The number of carbonyl (C=O) groups excluding carboxylic acids is 1. The zero-order chi connectivity index (χ0) is 11.5. The molecule has 0 heterocycles. The number of fused-ring (bicyclic) bond motifs is 1. The molecule has 1 atom stereocenters. The molecular formula is C14H18O2. The predicted octanol–water partition coefficient (Wildman–Crippen LogP) is 2.53. The monoisotopic (exact) mass is 218 g/mol. The number of hydrogen-bond donors (Lipinski definition) is 0. The molecule has 1 aromatic carbocycles. The van der Waals surface area contributed by atoms with Gasteiger partial charge in [0.25, 0.3) is 0 Å². The molecule has 0 aromatic heterocycles. The molecule has 0 N–H and O–H groups in total. The van der Waals surface area contributed by atoms with E-state index in [1.54, 1.807) is 0 Å². The summed E-state index contributed by atoms with van der Waals surface area (Å²) in [6.07, 6.45) is 3.99. The number of rotatable bonds is 3. The van der Waals surface area contributed by atoms with E-state index in [0.29, 0.717) is 6.42 Å². The number of benzene rings is 1. The van der Waals surface area contributed by atoms with Gasteiger partial charge in [-0.25, -0.2) is 0 Å². The van der Waals surface area contributed by atoms with Crippen molar-refractivity contribution < 1.29 is 9.53 Å². The lowest BCUT2D eigenvalue weighted by atomic mass is 10.0. The molecule has 2 rings (SSSR count). The summed E-state index contributed by atoms with van der Waals surface area (Å²) in [7, 11) is 1.43. The van der Waals surface area contributed by atoms with Crippen LogP contribution >= 0.6 is 0 Å². The molecule has 0 spiro atoms. The van der Waals surface area contributed by atoms with Crippen LogP contribution in [0.1, 0.15) is 30.0 Å². The average Bonchev–Trinajstić information content (AvgIpc) is 2.71. The molecule has 0 saturated carbocycles. The Labute approximate surface area is 96.6 Å². The smallest absolute Gasteiger partial charge is 0.309 e. The molecule has 0 fully saturated rings. The first-order chi connectivity index (χ1) is 7.72. The van der Waals surface area contributed by atoms with Gasteiger partial charge in [0.1, 0.15) is 0 Å². The van der Waals surface area contributed by atoms with Gasteiger partial charge in [-0.15, -0.1) is 0 Å². The molecule has 0 amide bonds. The second-order valence-electron chi connectivity index (χ2n) is 4.54. The van der Waals surface area contributed by atoms with E-state index in [1.165, 1.54) is 37.5 Å². The summed E-state index contributed by atoms with van der Waals surface area (Å²) in [4.78, 5) is 11.2. The molecule has 1 unspecified atom stereocenters. The van der Waals surface area contributed by atoms with E-state index in [4.69, 9.17) is 0 Å². The van der Waals surface area contributed by atoms with Crippen molar-refractivity contribution in [2.45, 2.75) is 32.6 Å². The molecular weight excluding hydrogens is 200 g/mol. The second kappa shape index (κ2) is 4.69. The molecule has 2 heteroatoms. The molecule has 1 aliphatic carbocycles. The number of ether oxygens (including phenoxy) is 1. The van der Waals surface area contributed by atoms with Crippen LogP contribution in [-0.4, -0.2) is 13.1 Å². The Kier molecular flexibility index (Phi) is 3.28. The standard InChI is InChI=1S/C14H18O2/c1-3-10-6-12-5-4-11(8-13(12)7-10)9-14(15)16-2/h4-5,8,10H,3,6-7,9H2,1-2H3. The van der Waals surface area contributed by atoms with Crippen LogP contribution in [-0.2, 0) is 28.8 Å². The van der Waals surface area contributed by atoms with Crippen molar-refractivity contribution in [2.75, 3.05) is 7.11 Å². The molecule has 86 valence electrons. The first kappa shape index (κ1) is 11.2. The van der Waals surface area contributed by atoms with Gasteiger partial charge in [-0.1, -0.05) is 31.5 Å². The van der Waals surface area contributed by atoms with E-state index < -0.39 is 0 Å². The lowest BCUT2D eigenvalue weighted by Crippen LogP contribution is -2.04. The van der Waals surface area contributed by atoms with E-state index in [1.807, 2.05) is 6.07 Å². The van der Waals surface area contributed by atoms with Crippen LogP contribution in [0.25, 0.3) is 0 Å². The topological polar surface area (TPSA) is 26.3 Å². The molecule has 0 saturated heterocycles. The fourth-order valence-electron chi connectivity index (χ4n) is 2.40. The Balaban J connectivity index is 2.13. The lowest BCUT2D eigenvalue weighted by Gasteiger charge is -2.03. The summed E-state index contributed by atoms with van der Waals surface area (Å²) in [6, 6.07) is 6.39. The van der Waals surface area contributed by atoms with Crippen LogP contribution in [0.5, 0.6) is 0 Å². The van der Waals surface area contributed by atoms with Gasteiger partial charge in [-0.2, -0.15) is 0 Å². The zero-order valence-corrected chi connectivity index (χ0v) is 9.95. The maximum absolute atomic E-state index is 11.2. The van der Waals surface area contributed by atoms with Gasteiger partial charge in [-0.3, -0.25) is 4.79 Å². The largest absolute Gasteiger partial charge is 0.469 e. The number of carbonyl (C=O) groups is 1. The van der Waals surface area contributed by atoms with Crippen molar-refractivity contribution in [2.24, 2.45) is 5.92 Å². The third-order valence-corrected chi connectivity index (χ3v) is 3.44. The van der Waals surface area contributed by atoms with Crippen LogP contribution in [0.15, 0.2) is 18.2 Å². The third-order valence-electron chi connectivity index (χ3n) is 3.44. The number of hydrogen-bond acceptors (Lipinski definition) is 2. The summed E-state index contributed by atoms with van der Waals surface area (Å²) < 4.78 is 4.68. The Morgan fingerprint density at radius 1 is 1.38 bits per heavy atom. The minimum absolute atomic E-state index is 0.162. The number of esters is 1. The third kappa shape index (κ3) is 2.26. The van der Waals surface area contributed by atoms with Crippen molar-refractivity contribution >= 4 is 5.97 Å². The molecule has 0 bridgehead atoms. The fraction of sp³-hybridized carbons (Fsp3) is 0.500. The maximum atomic E-state index is 11.2. The zero-order valence-electron chi connectivity index (χ0n) is 9.95. The quantitative estimate of drug-likeness (QED) is 0.729. The lowest BCUT2D eigenvalue weighted by molar-refractivity contribution is -0.139. The van der Waals surface area contributed by atoms with Crippen LogP contribution in [0.2, 0.25) is 0 Å². The van der Waals surface area contributed by atoms with Gasteiger partial charge in [0.05, 0.1) is 13.5 Å². The Morgan fingerprint density at radius 2 is 2.12 bits per heavy atom. The molecule has 0 aliphatic heterocycles. The SMILES string of the molecule is CCC1Cc2ccc(CC(=O)OC)cc2C1. The van der Waals surface area contributed by atoms with Crippen LogP contribution in [0, 0.1) is 5.92 Å². The molecule has 2 nitrogen and oxygen atoms in total. The summed E-state index contributed by atoms with van der Waals surface area (Å²) in [6.45, 7) is 2.24. The molecule has 1 aromatic rings. The van der Waals surface area contributed by atoms with Crippen molar-refractivity contribution in [1.82, 2.24) is 0 Å². The molecule has 1 aliphatic rings. The Hall–Kier alpha value is -1.31. The second-order valence-corrected chi connectivity index (χ2v) is 4.54. The van der Waals surface area contributed by atoms with Gasteiger partial charge in [0.2, 0.25) is 0 Å². The highest BCUT2D eigenvalue weighted by Crippen LogP contribution is 2.29. The first-order valence-corrected chi connectivity index (χ1v) is 5.90. The predicted molar refractivity (Wildman–Crippen MR) is 63.4 cm³/mol. The van der Waals surface area contributed by atoms with Gasteiger partial charge < -0.3 is 4.74 Å². The van der Waals surface area contributed by atoms with Crippen molar-refractivity contribution in [1.29, 1.82) is 0 Å². The van der Waals surface area contributed by atoms with Gasteiger partial charge >= 0.3 is 5.97 Å². The van der Waals surface area contributed by atoms with Crippen LogP contribution in [0.3, 0.4) is 0 Å². The Bertz CT molecular complexity index is 396. The maximum Gasteiger partial charge on any atom is 0.309 e. The highest BCUT2D eigenvalue weighted by Gasteiger charge is 2.20. The summed E-state index contributed by atoms with van der Waals surface area (Å²) in [5, 5.41) is 0. The van der Waals surface area contributed by atoms with Crippen molar-refractivity contribution in [3.05, 3.63) is 34.9 Å². The Morgan fingerprint density at radius 3 is 2.81 bits per heavy atom. The molecule has 0 radical (unpaired) electrons.